The van der Waals surface area contributed by atoms with Gasteiger partial charge in [-0.15, -0.1) is 0 Å². The second-order valence-electron chi connectivity index (χ2n) is 8.59. The predicted octanol–water partition coefficient (Wildman–Crippen LogP) is 1.90. The maximum Gasteiger partial charge on any atom is 0.309 e. The Bertz CT molecular complexity index is 1170. The number of benzene rings is 1. The zero-order valence-corrected chi connectivity index (χ0v) is 18.2. The van der Waals surface area contributed by atoms with Crippen molar-refractivity contribution in [3.05, 3.63) is 34.4 Å². The minimum absolute atomic E-state index is 0.124. The van der Waals surface area contributed by atoms with Crippen molar-refractivity contribution in [3.63, 3.8) is 0 Å². The Hall–Kier alpha value is -3.56. The first kappa shape index (κ1) is 23.1. The number of aromatic nitrogens is 2. The first-order chi connectivity index (χ1) is 15.0. The van der Waals surface area contributed by atoms with E-state index in [1.54, 1.807) is 39.0 Å². The minimum atomic E-state index is -0.918. The first-order valence-corrected chi connectivity index (χ1v) is 10.4. The van der Waals surface area contributed by atoms with E-state index in [1.807, 2.05) is 0 Å². The van der Waals surface area contributed by atoms with Gasteiger partial charge in [-0.3, -0.25) is 33.9 Å². The van der Waals surface area contributed by atoms with Crippen LogP contribution >= 0.6 is 0 Å². The summed E-state index contributed by atoms with van der Waals surface area (Å²) in [6.45, 7) is 4.81. The Morgan fingerprint density at radius 2 is 2.00 bits per heavy atom. The number of carboxylic acids is 1. The van der Waals surface area contributed by atoms with Crippen molar-refractivity contribution in [2.45, 2.75) is 58.9 Å². The van der Waals surface area contributed by atoms with Crippen molar-refractivity contribution in [3.8, 4) is 0 Å². The topological polar surface area (TPSA) is 147 Å². The van der Waals surface area contributed by atoms with E-state index in [-0.39, 0.29) is 36.5 Å². The third-order valence-electron chi connectivity index (χ3n) is 5.69. The number of aliphatic carboxylic acids is 1. The van der Waals surface area contributed by atoms with Gasteiger partial charge in [-0.1, -0.05) is 6.07 Å². The van der Waals surface area contributed by atoms with Gasteiger partial charge in [0, 0.05) is 12.8 Å². The molecule has 0 saturated carbocycles. The summed E-state index contributed by atoms with van der Waals surface area (Å²) in [5, 5.41) is 14.4. The summed E-state index contributed by atoms with van der Waals surface area (Å²) in [5.74, 6) is -1.85. The molecular formula is C22H26N4O6. The molecule has 0 radical (unpaired) electrons. The number of anilines is 1. The quantitative estimate of drug-likeness (QED) is 0.555. The molecule has 1 aromatic carbocycles. The molecule has 0 aliphatic carbocycles. The monoisotopic (exact) mass is 442 g/mol. The van der Waals surface area contributed by atoms with Crippen LogP contribution in [0.3, 0.4) is 0 Å². The number of carbonyl (C=O) groups excluding carboxylic acids is 3. The van der Waals surface area contributed by atoms with Crippen molar-refractivity contribution in [2.75, 3.05) is 5.32 Å². The lowest BCUT2D eigenvalue weighted by Crippen LogP contribution is -2.45. The predicted molar refractivity (Wildman–Crippen MR) is 116 cm³/mol. The second kappa shape index (κ2) is 8.89. The number of rotatable bonds is 7. The first-order valence-electron chi connectivity index (χ1n) is 10.4. The molecule has 170 valence electrons. The van der Waals surface area contributed by atoms with Crippen LogP contribution in [-0.4, -0.2) is 38.3 Å². The van der Waals surface area contributed by atoms with Gasteiger partial charge in [0.1, 0.15) is 17.4 Å². The standard InChI is InChI=1S/C22H26N4O6/c1-12-23-18-13(20(30)26(12)15-9-10-17(28)25-19(15)29)6-4-7-14(18)24-16(27)8-5-11-22(2,3)21(31)32/h4,6-7,15H,5,8-11H2,1-3H3,(H,24,27)(H,31,32)(H,25,28,29). The molecule has 10 nitrogen and oxygen atoms in total. The highest BCUT2D eigenvalue weighted by atomic mass is 16.4. The Morgan fingerprint density at radius 3 is 2.66 bits per heavy atom. The molecule has 2 aromatic rings. The van der Waals surface area contributed by atoms with E-state index in [0.29, 0.717) is 29.9 Å². The summed E-state index contributed by atoms with van der Waals surface area (Å²) in [5.41, 5.74) is -0.681. The highest BCUT2D eigenvalue weighted by Gasteiger charge is 2.31. The van der Waals surface area contributed by atoms with E-state index in [0.717, 1.165) is 0 Å². The van der Waals surface area contributed by atoms with Gasteiger partial charge in [0.25, 0.3) is 5.56 Å². The third-order valence-corrected chi connectivity index (χ3v) is 5.69. The number of amides is 3. The summed E-state index contributed by atoms with van der Waals surface area (Å²) in [7, 11) is 0. The van der Waals surface area contributed by atoms with Gasteiger partial charge in [-0.2, -0.15) is 0 Å². The second-order valence-corrected chi connectivity index (χ2v) is 8.59. The number of nitrogens with one attached hydrogen (secondary N) is 2. The van der Waals surface area contributed by atoms with Crippen molar-refractivity contribution in [1.82, 2.24) is 14.9 Å². The van der Waals surface area contributed by atoms with E-state index in [4.69, 9.17) is 0 Å². The van der Waals surface area contributed by atoms with Crippen LogP contribution in [0.1, 0.15) is 57.8 Å². The van der Waals surface area contributed by atoms with Crippen LogP contribution in [0.5, 0.6) is 0 Å². The van der Waals surface area contributed by atoms with Gasteiger partial charge in [0.05, 0.1) is 16.5 Å². The fourth-order valence-corrected chi connectivity index (χ4v) is 3.74. The molecule has 3 N–H and O–H groups in total. The van der Waals surface area contributed by atoms with Crippen LogP contribution in [-0.2, 0) is 19.2 Å². The van der Waals surface area contributed by atoms with Crippen LogP contribution < -0.4 is 16.2 Å². The number of carboxylic acid groups (broad SMARTS) is 1. The molecule has 10 heteroatoms. The highest BCUT2D eigenvalue weighted by Crippen LogP contribution is 2.25. The number of para-hydroxylation sites is 1. The van der Waals surface area contributed by atoms with Crippen LogP contribution in [0.4, 0.5) is 5.69 Å². The summed E-state index contributed by atoms with van der Waals surface area (Å²) in [6, 6.07) is 3.98. The van der Waals surface area contributed by atoms with Crippen LogP contribution in [0.15, 0.2) is 23.0 Å². The van der Waals surface area contributed by atoms with Crippen molar-refractivity contribution < 1.29 is 24.3 Å². The fourth-order valence-electron chi connectivity index (χ4n) is 3.74. The summed E-state index contributed by atoms with van der Waals surface area (Å²) < 4.78 is 1.28. The largest absolute Gasteiger partial charge is 0.481 e. The molecule has 1 unspecified atom stereocenters. The molecule has 1 saturated heterocycles. The molecule has 1 atom stereocenters. The fraction of sp³-hybridized carbons (Fsp3) is 0.455. The van der Waals surface area contributed by atoms with Crippen molar-refractivity contribution >= 4 is 40.3 Å². The molecule has 2 heterocycles. The summed E-state index contributed by atoms with van der Waals surface area (Å²) in [4.78, 5) is 64.9. The molecule has 0 bridgehead atoms. The molecule has 1 aliphatic rings. The number of piperidine rings is 1. The van der Waals surface area contributed by atoms with E-state index in [9.17, 15) is 29.1 Å². The van der Waals surface area contributed by atoms with Crippen LogP contribution in [0, 0.1) is 12.3 Å². The number of hydrogen-bond donors (Lipinski definition) is 3. The van der Waals surface area contributed by atoms with Gasteiger partial charge >= 0.3 is 5.97 Å². The SMILES string of the molecule is Cc1nc2c(NC(=O)CCCC(C)(C)C(=O)O)cccc2c(=O)n1C1CCC(=O)NC1=O. The molecule has 0 spiro atoms. The molecule has 1 aliphatic heterocycles. The van der Waals surface area contributed by atoms with Crippen molar-refractivity contribution in [1.29, 1.82) is 0 Å². The smallest absolute Gasteiger partial charge is 0.309 e. The number of hydrogen-bond acceptors (Lipinski definition) is 6. The molecule has 1 aromatic heterocycles. The lowest BCUT2D eigenvalue weighted by Gasteiger charge is -2.24. The normalized spacial score (nSPS) is 16.7. The Morgan fingerprint density at radius 1 is 1.28 bits per heavy atom. The molecule has 1 fully saturated rings. The molecular weight excluding hydrogens is 416 g/mol. The third kappa shape index (κ3) is 4.68. The molecule has 32 heavy (non-hydrogen) atoms. The lowest BCUT2D eigenvalue weighted by molar-refractivity contribution is -0.147. The Balaban J connectivity index is 1.84. The Labute approximate surface area is 184 Å². The molecule has 3 rings (SSSR count). The maximum absolute atomic E-state index is 13.1. The number of carbonyl (C=O) groups is 4. The average molecular weight is 442 g/mol. The molecule has 3 amide bonds. The zero-order valence-electron chi connectivity index (χ0n) is 18.2. The van der Waals surface area contributed by atoms with E-state index >= 15 is 0 Å². The summed E-state index contributed by atoms with van der Waals surface area (Å²) >= 11 is 0. The van der Waals surface area contributed by atoms with Gasteiger partial charge in [0.15, 0.2) is 0 Å². The number of imide groups is 1. The van der Waals surface area contributed by atoms with Crippen molar-refractivity contribution in [2.24, 2.45) is 5.41 Å². The van der Waals surface area contributed by atoms with E-state index in [2.05, 4.69) is 15.6 Å². The average Bonchev–Trinajstić information content (AvgIpc) is 2.70. The van der Waals surface area contributed by atoms with Gasteiger partial charge < -0.3 is 10.4 Å². The van der Waals surface area contributed by atoms with Gasteiger partial charge in [-0.05, 0) is 52.2 Å². The highest BCUT2D eigenvalue weighted by molar-refractivity contribution is 6.01. The number of fused-ring (bicyclic) bond motifs is 1. The maximum atomic E-state index is 13.1. The van der Waals surface area contributed by atoms with Crippen LogP contribution in [0.2, 0.25) is 0 Å². The Kier molecular flexibility index (Phi) is 6.42. The van der Waals surface area contributed by atoms with Gasteiger partial charge in [0.2, 0.25) is 17.7 Å². The van der Waals surface area contributed by atoms with Gasteiger partial charge in [-0.25, -0.2) is 4.98 Å². The number of aryl methyl sites for hydroxylation is 1. The lowest BCUT2D eigenvalue weighted by atomic mass is 9.87. The van der Waals surface area contributed by atoms with E-state index < -0.39 is 28.9 Å². The zero-order chi connectivity index (χ0) is 23.6. The van der Waals surface area contributed by atoms with E-state index in [1.165, 1.54) is 4.57 Å². The van der Waals surface area contributed by atoms with Crippen LogP contribution in [0.25, 0.3) is 10.9 Å². The number of nitrogens with zero attached hydrogens (tertiary/aromatic N) is 2. The minimum Gasteiger partial charge on any atom is -0.481 e. The summed E-state index contributed by atoms with van der Waals surface area (Å²) in [6.07, 6.45) is 1.21.